The first-order valence-electron chi connectivity index (χ1n) is 18.5. The van der Waals surface area contributed by atoms with Gasteiger partial charge in [0.25, 0.3) is 0 Å². The zero-order valence-corrected chi connectivity index (χ0v) is 32.5. The molecule has 250 valence electrons. The molecule has 0 saturated carbocycles. The van der Waals surface area contributed by atoms with Gasteiger partial charge in [0.15, 0.2) is 0 Å². The maximum Gasteiger partial charge on any atom is -1.00 e. The third-order valence-electron chi connectivity index (χ3n) is 11.7. The first-order valence-corrected chi connectivity index (χ1v) is 22.5. The van der Waals surface area contributed by atoms with Gasteiger partial charge >= 0.3 is 284 Å². The summed E-state index contributed by atoms with van der Waals surface area (Å²) in [6.07, 6.45) is 16.6. The maximum absolute atomic E-state index is 2.70. The zero-order valence-electron chi connectivity index (χ0n) is 29.4. The molecule has 0 N–H and O–H groups in total. The first kappa shape index (κ1) is 36.9. The van der Waals surface area contributed by atoms with Gasteiger partial charge in [0.1, 0.15) is 0 Å². The van der Waals surface area contributed by atoms with E-state index in [9.17, 15) is 0 Å². The summed E-state index contributed by atoms with van der Waals surface area (Å²) < 4.78 is 4.37. The van der Waals surface area contributed by atoms with Gasteiger partial charge in [0.2, 0.25) is 0 Å². The predicted molar refractivity (Wildman–Crippen MR) is 197 cm³/mol. The van der Waals surface area contributed by atoms with Crippen LogP contribution in [0.3, 0.4) is 0 Å². The Labute approximate surface area is 306 Å². The second-order valence-electron chi connectivity index (χ2n) is 14.3. The van der Waals surface area contributed by atoms with E-state index in [-0.39, 0.29) is 24.8 Å². The van der Waals surface area contributed by atoms with Gasteiger partial charge in [-0.3, -0.25) is 0 Å². The minimum Gasteiger partial charge on any atom is -1.00 e. The Morgan fingerprint density at radius 3 is 1.29 bits per heavy atom. The van der Waals surface area contributed by atoms with Crippen molar-refractivity contribution in [2.75, 3.05) is 0 Å². The topological polar surface area (TPSA) is 0 Å². The molecule has 2 aliphatic carbocycles. The summed E-state index contributed by atoms with van der Waals surface area (Å²) >= 11 is -2.54. The number of halogens is 2. The van der Waals surface area contributed by atoms with Gasteiger partial charge < -0.3 is 24.8 Å². The van der Waals surface area contributed by atoms with Crippen LogP contribution in [0.1, 0.15) is 114 Å². The summed E-state index contributed by atoms with van der Waals surface area (Å²) in [5, 5.41) is 0. The SMILES string of the molecule is CCCCC1=Cc2c(-c3ccc(CC)cc3)cccc2[CH]1[Ti+2]1([CH]2C(CCCC)=Cc3c(-c4ccc(CC)cc4)cccc32)[CH2]C[CH2]1.[Cl-].[Cl-]. The Morgan fingerprint density at radius 2 is 0.958 bits per heavy atom. The molecule has 0 radical (unpaired) electrons. The van der Waals surface area contributed by atoms with Gasteiger partial charge in [-0.2, -0.15) is 0 Å². The summed E-state index contributed by atoms with van der Waals surface area (Å²) in [5.41, 5.74) is 18.5. The van der Waals surface area contributed by atoms with E-state index in [4.69, 9.17) is 0 Å². The number of hydrogen-bond donors (Lipinski definition) is 0. The summed E-state index contributed by atoms with van der Waals surface area (Å²) in [6.45, 7) is 9.24. The van der Waals surface area contributed by atoms with Crippen LogP contribution in [-0.4, -0.2) is 0 Å². The Kier molecular flexibility index (Phi) is 12.4. The van der Waals surface area contributed by atoms with Crippen molar-refractivity contribution in [1.29, 1.82) is 0 Å². The van der Waals surface area contributed by atoms with E-state index in [0.717, 1.165) is 12.8 Å². The number of benzene rings is 4. The minimum absolute atomic E-state index is 0. The maximum atomic E-state index is 2.70. The zero-order chi connectivity index (χ0) is 31.7. The van der Waals surface area contributed by atoms with E-state index in [1.165, 1.54) is 87.8 Å². The van der Waals surface area contributed by atoms with Gasteiger partial charge in [-0.1, -0.05) is 0 Å². The molecule has 3 heteroatoms. The fourth-order valence-electron chi connectivity index (χ4n) is 9.15. The van der Waals surface area contributed by atoms with Crippen LogP contribution in [0.4, 0.5) is 0 Å². The molecule has 3 aliphatic rings. The van der Waals surface area contributed by atoms with Crippen LogP contribution in [0, 0.1) is 0 Å². The van der Waals surface area contributed by atoms with Crippen molar-refractivity contribution < 1.29 is 41.4 Å². The number of rotatable bonds is 12. The van der Waals surface area contributed by atoms with Crippen LogP contribution in [0.5, 0.6) is 0 Å². The molecule has 2 unspecified atom stereocenters. The molecule has 0 nitrogen and oxygen atoms in total. The molecule has 1 saturated heterocycles. The van der Waals surface area contributed by atoms with Crippen molar-refractivity contribution in [3.63, 3.8) is 0 Å². The number of aryl methyl sites for hydroxylation is 2. The van der Waals surface area contributed by atoms with E-state index in [0.29, 0.717) is 8.45 Å². The van der Waals surface area contributed by atoms with Crippen LogP contribution < -0.4 is 24.8 Å². The average molecular weight is 712 g/mol. The molecular weight excluding hydrogens is 659 g/mol. The normalized spacial score (nSPS) is 17.8. The first-order chi connectivity index (χ1) is 22.6. The summed E-state index contributed by atoms with van der Waals surface area (Å²) in [5.74, 6) is 0. The average Bonchev–Trinajstić information content (AvgIpc) is 3.65. The second-order valence-corrected chi connectivity index (χ2v) is 21.5. The van der Waals surface area contributed by atoms with E-state index in [1.807, 2.05) is 0 Å². The van der Waals surface area contributed by atoms with Crippen molar-refractivity contribution in [2.24, 2.45) is 0 Å². The smallest absolute Gasteiger partial charge is 1.00 e. The number of unbranched alkanes of at least 4 members (excludes halogenated alkanes) is 2. The van der Waals surface area contributed by atoms with Crippen LogP contribution in [0.15, 0.2) is 96.1 Å². The predicted octanol–water partition coefficient (Wildman–Crippen LogP) is 7.50. The number of allylic oxidation sites excluding steroid dienone is 2. The molecule has 0 aromatic heterocycles. The van der Waals surface area contributed by atoms with Gasteiger partial charge in [0, 0.05) is 0 Å². The second kappa shape index (κ2) is 16.1. The third kappa shape index (κ3) is 6.61. The molecular formula is C45H52Cl2Ti. The fourth-order valence-corrected chi connectivity index (χ4v) is 19.0. The van der Waals surface area contributed by atoms with Gasteiger partial charge in [-0.25, -0.2) is 0 Å². The van der Waals surface area contributed by atoms with E-state index in [2.05, 4.69) is 125 Å². The molecule has 1 fully saturated rings. The molecule has 1 heterocycles. The molecule has 4 aromatic rings. The Morgan fingerprint density at radius 1 is 0.542 bits per heavy atom. The summed E-state index contributed by atoms with van der Waals surface area (Å²) in [6, 6.07) is 33.5. The molecule has 48 heavy (non-hydrogen) atoms. The van der Waals surface area contributed by atoms with Gasteiger partial charge in [0.05, 0.1) is 0 Å². The molecule has 0 bridgehead atoms. The van der Waals surface area contributed by atoms with Crippen LogP contribution >= 0.6 is 0 Å². The molecule has 0 spiro atoms. The van der Waals surface area contributed by atoms with Crippen molar-refractivity contribution in [1.82, 2.24) is 0 Å². The third-order valence-corrected chi connectivity index (χ3v) is 21.5. The van der Waals surface area contributed by atoms with Crippen LogP contribution in [0.2, 0.25) is 9.45 Å². The molecule has 4 aromatic carbocycles. The van der Waals surface area contributed by atoms with Gasteiger partial charge in [-0.15, -0.1) is 0 Å². The quantitative estimate of drug-likeness (QED) is 0.134. The number of hydrogen-bond acceptors (Lipinski definition) is 0. The largest absolute Gasteiger partial charge is 1.00 e. The van der Waals surface area contributed by atoms with E-state index < -0.39 is 16.6 Å². The standard InChI is InChI=1S/2C21H23.C3H6.2ClH.Ti/c2*1-3-5-7-17-14-19-8-6-9-20(21(19)15-17)18-12-10-16(4-2)11-13-18;1-3-2;;;/h2*6,8-15H,3-5,7H2,1-2H3;1-3H2;2*1H;/q;;;;;+2/p-2. The molecule has 1 aliphatic heterocycles. The van der Waals surface area contributed by atoms with E-state index >= 15 is 0 Å². The van der Waals surface area contributed by atoms with Crippen molar-refractivity contribution in [3.8, 4) is 22.3 Å². The minimum atomic E-state index is -2.54. The van der Waals surface area contributed by atoms with Crippen molar-refractivity contribution >= 4 is 12.2 Å². The van der Waals surface area contributed by atoms with Crippen molar-refractivity contribution in [3.05, 3.63) is 129 Å². The van der Waals surface area contributed by atoms with E-state index in [1.54, 1.807) is 33.4 Å². The van der Waals surface area contributed by atoms with Crippen LogP contribution in [0.25, 0.3) is 34.4 Å². The molecule has 0 amide bonds. The monoisotopic (exact) mass is 710 g/mol. The molecule has 7 rings (SSSR count). The molecule has 2 atom stereocenters. The number of fused-ring (bicyclic) bond motifs is 2. The fraction of sp³-hybridized carbons (Fsp3) is 0.378. The van der Waals surface area contributed by atoms with Crippen molar-refractivity contribution in [2.45, 2.75) is 103 Å². The Bertz CT molecular complexity index is 1630. The summed E-state index contributed by atoms with van der Waals surface area (Å²) in [7, 11) is 0. The Balaban J connectivity index is 0.00000225. The summed E-state index contributed by atoms with van der Waals surface area (Å²) in [4.78, 5) is 0. The Hall–Kier alpha value is -2.35. The van der Waals surface area contributed by atoms with Crippen LogP contribution in [-0.2, 0) is 29.4 Å². The van der Waals surface area contributed by atoms with Gasteiger partial charge in [-0.05, 0) is 0 Å².